The topological polar surface area (TPSA) is 0 Å². The van der Waals surface area contributed by atoms with Crippen LogP contribution in [0, 0.1) is 5.92 Å². The highest BCUT2D eigenvalue weighted by Gasteiger charge is 2.13. The van der Waals surface area contributed by atoms with Gasteiger partial charge in [0, 0.05) is 0 Å². The molecule has 0 radical (unpaired) electrons. The number of unbranched alkanes of at least 4 members (excludes halogenated alkanes) is 5. The minimum absolute atomic E-state index is 0.990. The molecule has 0 heteroatoms. The summed E-state index contributed by atoms with van der Waals surface area (Å²) in [5, 5.41) is 0. The van der Waals surface area contributed by atoms with Crippen molar-refractivity contribution in [1.29, 1.82) is 0 Å². The molecule has 0 nitrogen and oxygen atoms in total. The van der Waals surface area contributed by atoms with Crippen LogP contribution in [0.4, 0.5) is 0 Å². The average Bonchev–Trinajstić information content (AvgIpc) is 2.61. The molecule has 0 fully saturated rings. The van der Waals surface area contributed by atoms with Crippen LogP contribution in [0.1, 0.15) is 89.5 Å². The second kappa shape index (κ2) is 11.5. The Morgan fingerprint density at radius 2 is 1.65 bits per heavy atom. The van der Waals surface area contributed by atoms with Crippen molar-refractivity contribution in [3.63, 3.8) is 0 Å². The van der Waals surface area contributed by atoms with Crippen molar-refractivity contribution in [3.05, 3.63) is 47.5 Å². The number of allylic oxidation sites excluding steroid dienone is 2. The third-order valence-electron chi connectivity index (χ3n) is 5.39. The number of rotatable bonds is 11. The van der Waals surface area contributed by atoms with Gasteiger partial charge in [-0.1, -0.05) is 87.4 Å². The monoisotopic (exact) mass is 312 g/mol. The van der Waals surface area contributed by atoms with Crippen LogP contribution in [-0.2, 0) is 6.42 Å². The molecule has 1 aromatic carbocycles. The molecule has 0 heterocycles. The number of hydrogen-bond donors (Lipinski definition) is 0. The van der Waals surface area contributed by atoms with E-state index in [0.29, 0.717) is 0 Å². The van der Waals surface area contributed by atoms with Gasteiger partial charge in [-0.05, 0) is 56.4 Å². The second-order valence-corrected chi connectivity index (χ2v) is 7.40. The first-order valence-corrected chi connectivity index (χ1v) is 10.1. The van der Waals surface area contributed by atoms with Crippen LogP contribution in [0.5, 0.6) is 0 Å². The molecular formula is C23H36. The quantitative estimate of drug-likeness (QED) is 0.293. The summed E-state index contributed by atoms with van der Waals surface area (Å²) in [5.74, 6) is 0.990. The van der Waals surface area contributed by atoms with Crippen LogP contribution in [0.15, 0.2) is 42.0 Å². The molecule has 2 rings (SSSR count). The first-order chi connectivity index (χ1) is 11.4. The van der Waals surface area contributed by atoms with Gasteiger partial charge in [0.05, 0.1) is 0 Å². The molecule has 23 heavy (non-hydrogen) atoms. The molecule has 0 saturated carbocycles. The largest absolute Gasteiger partial charge is 0.0851 e. The summed E-state index contributed by atoms with van der Waals surface area (Å²) in [4.78, 5) is 0. The van der Waals surface area contributed by atoms with Gasteiger partial charge in [0.1, 0.15) is 0 Å². The molecule has 0 N–H and O–H groups in total. The van der Waals surface area contributed by atoms with E-state index < -0.39 is 0 Å². The highest BCUT2D eigenvalue weighted by atomic mass is 14.2. The van der Waals surface area contributed by atoms with Crippen molar-refractivity contribution < 1.29 is 0 Å². The summed E-state index contributed by atoms with van der Waals surface area (Å²) in [6, 6.07) is 10.9. The van der Waals surface area contributed by atoms with Crippen molar-refractivity contribution in [2.45, 2.75) is 90.4 Å². The van der Waals surface area contributed by atoms with Crippen molar-refractivity contribution in [1.82, 2.24) is 0 Å². The molecule has 1 atom stereocenters. The van der Waals surface area contributed by atoms with E-state index in [9.17, 15) is 0 Å². The molecule has 1 aromatic rings. The molecule has 1 aliphatic carbocycles. The SMILES string of the molecule is CCCCCCCC1CC=C(CCCCc2ccccc2)CC1. The van der Waals surface area contributed by atoms with E-state index in [-0.39, 0.29) is 0 Å². The summed E-state index contributed by atoms with van der Waals surface area (Å²) in [5.41, 5.74) is 3.24. The van der Waals surface area contributed by atoms with Gasteiger partial charge in [-0.25, -0.2) is 0 Å². The highest BCUT2D eigenvalue weighted by molar-refractivity contribution is 5.14. The normalized spacial score (nSPS) is 18.0. The van der Waals surface area contributed by atoms with E-state index in [0.717, 1.165) is 5.92 Å². The molecule has 0 aliphatic heterocycles. The molecule has 0 amide bonds. The molecular weight excluding hydrogens is 276 g/mol. The molecule has 0 spiro atoms. The van der Waals surface area contributed by atoms with E-state index in [2.05, 4.69) is 43.3 Å². The first-order valence-electron chi connectivity index (χ1n) is 10.1. The third kappa shape index (κ3) is 7.86. The Bertz CT molecular complexity index is 429. The zero-order chi connectivity index (χ0) is 16.2. The zero-order valence-electron chi connectivity index (χ0n) is 15.2. The zero-order valence-corrected chi connectivity index (χ0v) is 15.2. The highest BCUT2D eigenvalue weighted by Crippen LogP contribution is 2.30. The van der Waals surface area contributed by atoms with E-state index in [1.807, 2.05) is 0 Å². The van der Waals surface area contributed by atoms with Crippen LogP contribution < -0.4 is 0 Å². The maximum Gasteiger partial charge on any atom is -0.0279 e. The van der Waals surface area contributed by atoms with Gasteiger partial charge < -0.3 is 0 Å². The summed E-state index contributed by atoms with van der Waals surface area (Å²) < 4.78 is 0. The molecule has 1 unspecified atom stereocenters. The molecule has 0 bridgehead atoms. The van der Waals surface area contributed by atoms with Crippen molar-refractivity contribution in [3.8, 4) is 0 Å². The van der Waals surface area contributed by atoms with Gasteiger partial charge in [0.15, 0.2) is 0 Å². The van der Waals surface area contributed by atoms with Crippen LogP contribution >= 0.6 is 0 Å². The fourth-order valence-electron chi connectivity index (χ4n) is 3.79. The van der Waals surface area contributed by atoms with Gasteiger partial charge in [-0.2, -0.15) is 0 Å². The Kier molecular flexibility index (Phi) is 9.14. The fraction of sp³-hybridized carbons (Fsp3) is 0.652. The maximum absolute atomic E-state index is 2.59. The smallest absolute Gasteiger partial charge is 0.0279 e. The second-order valence-electron chi connectivity index (χ2n) is 7.40. The average molecular weight is 313 g/mol. The van der Waals surface area contributed by atoms with E-state index >= 15 is 0 Å². The summed E-state index contributed by atoms with van der Waals surface area (Å²) in [6.45, 7) is 2.30. The number of aryl methyl sites for hydroxylation is 1. The molecule has 1 aliphatic rings. The summed E-state index contributed by atoms with van der Waals surface area (Å²) >= 11 is 0. The Morgan fingerprint density at radius 3 is 2.39 bits per heavy atom. The minimum atomic E-state index is 0.990. The predicted octanol–water partition coefficient (Wildman–Crippen LogP) is 7.49. The standard InChI is InChI=1S/C23H36/c1-2-3-4-5-7-14-22-17-19-23(20-18-22)16-11-10-15-21-12-8-6-9-13-21/h6,8-9,12-13,19,22H,2-5,7,10-11,14-18,20H2,1H3. The van der Waals surface area contributed by atoms with Gasteiger partial charge >= 0.3 is 0 Å². The summed E-state index contributed by atoms with van der Waals surface area (Å²) in [7, 11) is 0. The fourth-order valence-corrected chi connectivity index (χ4v) is 3.79. The molecule has 128 valence electrons. The van der Waals surface area contributed by atoms with Crippen molar-refractivity contribution in [2.75, 3.05) is 0 Å². The van der Waals surface area contributed by atoms with E-state index in [4.69, 9.17) is 0 Å². The van der Waals surface area contributed by atoms with Crippen molar-refractivity contribution in [2.24, 2.45) is 5.92 Å². The molecule has 0 aromatic heterocycles. The van der Waals surface area contributed by atoms with Crippen LogP contribution in [0.2, 0.25) is 0 Å². The van der Waals surface area contributed by atoms with E-state index in [1.165, 1.54) is 89.0 Å². The lowest BCUT2D eigenvalue weighted by molar-refractivity contribution is 0.409. The lowest BCUT2D eigenvalue weighted by Crippen LogP contribution is -2.06. The van der Waals surface area contributed by atoms with Gasteiger partial charge in [0.25, 0.3) is 0 Å². The van der Waals surface area contributed by atoms with E-state index in [1.54, 1.807) is 5.57 Å². The maximum atomic E-state index is 2.59. The van der Waals surface area contributed by atoms with Crippen molar-refractivity contribution >= 4 is 0 Å². The number of hydrogen-bond acceptors (Lipinski definition) is 0. The first kappa shape index (κ1) is 18.3. The van der Waals surface area contributed by atoms with Crippen LogP contribution in [0.3, 0.4) is 0 Å². The summed E-state index contributed by atoms with van der Waals surface area (Å²) in [6.07, 6.45) is 20.7. The minimum Gasteiger partial charge on any atom is -0.0851 e. The Labute approximate surface area is 144 Å². The lowest BCUT2D eigenvalue weighted by Gasteiger charge is -2.22. The lowest BCUT2D eigenvalue weighted by atomic mass is 9.84. The van der Waals surface area contributed by atoms with Gasteiger partial charge in [-0.15, -0.1) is 0 Å². The van der Waals surface area contributed by atoms with Crippen LogP contribution in [0.25, 0.3) is 0 Å². The Balaban J connectivity index is 1.52. The predicted molar refractivity (Wildman–Crippen MR) is 103 cm³/mol. The third-order valence-corrected chi connectivity index (χ3v) is 5.39. The Hall–Kier alpha value is -1.04. The van der Waals surface area contributed by atoms with Gasteiger partial charge in [0.2, 0.25) is 0 Å². The number of benzene rings is 1. The van der Waals surface area contributed by atoms with Crippen LogP contribution in [-0.4, -0.2) is 0 Å². The Morgan fingerprint density at radius 1 is 0.870 bits per heavy atom. The molecule has 0 saturated heterocycles. The van der Waals surface area contributed by atoms with Gasteiger partial charge in [-0.3, -0.25) is 0 Å².